The van der Waals surface area contributed by atoms with Gasteiger partial charge < -0.3 is 10.2 Å². The first-order valence-electron chi connectivity index (χ1n) is 8.74. The van der Waals surface area contributed by atoms with E-state index in [9.17, 15) is 9.59 Å². The summed E-state index contributed by atoms with van der Waals surface area (Å²) in [5.41, 5.74) is 2.34. The van der Waals surface area contributed by atoms with Gasteiger partial charge in [-0.15, -0.1) is 11.3 Å². The molecule has 1 aromatic heterocycles. The maximum Gasteiger partial charge on any atom is 0.266 e. The molecule has 0 fully saturated rings. The van der Waals surface area contributed by atoms with Gasteiger partial charge in [0.05, 0.1) is 28.0 Å². The lowest BCUT2D eigenvalue weighted by molar-refractivity contribution is -0.116. The normalized spacial score (nSPS) is 10.5. The third-order valence-corrected chi connectivity index (χ3v) is 5.58. The molecule has 0 bridgehead atoms. The van der Waals surface area contributed by atoms with Crippen molar-refractivity contribution in [3.05, 3.63) is 80.8 Å². The summed E-state index contributed by atoms with van der Waals surface area (Å²) in [4.78, 5) is 31.5. The average molecular weight is 414 g/mol. The van der Waals surface area contributed by atoms with Gasteiger partial charge in [-0.2, -0.15) is 0 Å². The van der Waals surface area contributed by atoms with E-state index >= 15 is 0 Å². The van der Waals surface area contributed by atoms with Crippen LogP contribution in [-0.2, 0) is 11.2 Å². The highest BCUT2D eigenvalue weighted by Crippen LogP contribution is 2.23. The minimum Gasteiger partial charge on any atom is -0.332 e. The fourth-order valence-corrected chi connectivity index (χ4v) is 3.99. The predicted molar refractivity (Wildman–Crippen MR) is 113 cm³/mol. The second kappa shape index (κ2) is 8.99. The van der Waals surface area contributed by atoms with Crippen molar-refractivity contribution in [2.24, 2.45) is 0 Å². The number of carbonyl (C=O) groups excluding carboxylic acids is 2. The van der Waals surface area contributed by atoms with Crippen molar-refractivity contribution in [2.45, 2.75) is 13.3 Å². The number of hydrogen-bond acceptors (Lipinski definition) is 4. The summed E-state index contributed by atoms with van der Waals surface area (Å²) in [5.74, 6) is -0.528. The van der Waals surface area contributed by atoms with Gasteiger partial charge in [0, 0.05) is 13.5 Å². The molecule has 0 radical (unpaired) electrons. The summed E-state index contributed by atoms with van der Waals surface area (Å²) in [6.45, 7) is 1.74. The van der Waals surface area contributed by atoms with Crippen molar-refractivity contribution in [2.75, 3.05) is 18.9 Å². The van der Waals surface area contributed by atoms with Crippen molar-refractivity contribution >= 4 is 40.4 Å². The Balaban J connectivity index is 1.64. The summed E-state index contributed by atoms with van der Waals surface area (Å²) in [5, 5.41) is 4.05. The zero-order valence-electron chi connectivity index (χ0n) is 15.6. The number of carbonyl (C=O) groups is 2. The number of rotatable bonds is 6. The summed E-state index contributed by atoms with van der Waals surface area (Å²) < 4.78 is 0. The molecule has 2 aromatic carbocycles. The SMILES string of the molecule is Cc1nc(Cc2ccccc2)sc1C(=O)N(C)CC(=O)Nc1ccccc1Cl. The van der Waals surface area contributed by atoms with Crippen LogP contribution in [0.1, 0.15) is 25.9 Å². The van der Waals surface area contributed by atoms with E-state index in [0.717, 1.165) is 10.6 Å². The molecule has 0 saturated carbocycles. The van der Waals surface area contributed by atoms with Crippen LogP contribution in [0.2, 0.25) is 5.02 Å². The molecular weight excluding hydrogens is 394 g/mol. The van der Waals surface area contributed by atoms with Gasteiger partial charge in [0.1, 0.15) is 4.88 Å². The molecule has 0 aliphatic heterocycles. The lowest BCUT2D eigenvalue weighted by atomic mass is 10.2. The maximum absolute atomic E-state index is 12.8. The molecule has 28 heavy (non-hydrogen) atoms. The topological polar surface area (TPSA) is 62.3 Å². The predicted octanol–water partition coefficient (Wildman–Crippen LogP) is 4.41. The molecule has 3 aromatic rings. The Hall–Kier alpha value is -2.70. The quantitative estimate of drug-likeness (QED) is 0.651. The Bertz CT molecular complexity index is 988. The zero-order chi connectivity index (χ0) is 20.1. The highest BCUT2D eigenvalue weighted by atomic mass is 35.5. The molecule has 0 unspecified atom stereocenters. The van der Waals surface area contributed by atoms with Crippen molar-refractivity contribution in [1.82, 2.24) is 9.88 Å². The minimum atomic E-state index is -0.310. The van der Waals surface area contributed by atoms with E-state index in [1.807, 2.05) is 37.3 Å². The van der Waals surface area contributed by atoms with Gasteiger partial charge in [-0.1, -0.05) is 54.1 Å². The monoisotopic (exact) mass is 413 g/mol. The molecule has 0 aliphatic rings. The molecular formula is C21H20ClN3O2S. The molecule has 144 valence electrons. The molecule has 7 heteroatoms. The van der Waals surface area contributed by atoms with Crippen molar-refractivity contribution in [3.63, 3.8) is 0 Å². The number of amides is 2. The third-order valence-electron chi connectivity index (χ3n) is 4.11. The molecule has 5 nitrogen and oxygen atoms in total. The number of aryl methyl sites for hydroxylation is 1. The van der Waals surface area contributed by atoms with Crippen molar-refractivity contribution in [3.8, 4) is 0 Å². The second-order valence-electron chi connectivity index (χ2n) is 6.37. The fourth-order valence-electron chi connectivity index (χ4n) is 2.71. The number of halogens is 1. The van der Waals surface area contributed by atoms with Gasteiger partial charge in [-0.25, -0.2) is 4.98 Å². The Kier molecular flexibility index (Phi) is 6.44. The number of hydrogen-bond donors (Lipinski definition) is 1. The molecule has 1 heterocycles. The molecule has 1 N–H and O–H groups in total. The minimum absolute atomic E-state index is 0.0740. The molecule has 2 amide bonds. The smallest absolute Gasteiger partial charge is 0.266 e. The first kappa shape index (κ1) is 20.0. The first-order valence-corrected chi connectivity index (χ1v) is 9.93. The highest BCUT2D eigenvalue weighted by Gasteiger charge is 2.21. The average Bonchev–Trinajstić information content (AvgIpc) is 3.03. The van der Waals surface area contributed by atoms with Crippen LogP contribution >= 0.6 is 22.9 Å². The molecule has 3 rings (SSSR count). The van der Waals surface area contributed by atoms with Crippen LogP contribution in [0, 0.1) is 6.92 Å². The Morgan fingerprint density at radius 1 is 1.11 bits per heavy atom. The number of nitrogens with one attached hydrogen (secondary N) is 1. The van der Waals surface area contributed by atoms with Crippen LogP contribution in [0.4, 0.5) is 5.69 Å². The number of nitrogens with zero attached hydrogens (tertiary/aromatic N) is 2. The summed E-state index contributed by atoms with van der Waals surface area (Å²) in [6.07, 6.45) is 0.677. The van der Waals surface area contributed by atoms with Crippen LogP contribution in [0.25, 0.3) is 0 Å². The first-order chi connectivity index (χ1) is 13.4. The number of anilines is 1. The zero-order valence-corrected chi connectivity index (χ0v) is 17.2. The van der Waals surface area contributed by atoms with E-state index in [-0.39, 0.29) is 18.4 Å². The third kappa shape index (κ3) is 4.97. The van der Waals surface area contributed by atoms with E-state index in [1.165, 1.54) is 16.2 Å². The number of para-hydroxylation sites is 1. The molecule has 0 atom stereocenters. The summed E-state index contributed by atoms with van der Waals surface area (Å²) >= 11 is 7.42. The van der Waals surface area contributed by atoms with E-state index in [1.54, 1.807) is 31.3 Å². The van der Waals surface area contributed by atoms with Crippen molar-refractivity contribution in [1.29, 1.82) is 0 Å². The van der Waals surface area contributed by atoms with Gasteiger partial charge in [-0.3, -0.25) is 9.59 Å². The van der Waals surface area contributed by atoms with Gasteiger partial charge in [0.15, 0.2) is 0 Å². The Morgan fingerprint density at radius 3 is 2.50 bits per heavy atom. The van der Waals surface area contributed by atoms with Gasteiger partial charge in [-0.05, 0) is 24.6 Å². The van der Waals surface area contributed by atoms with Crippen molar-refractivity contribution < 1.29 is 9.59 Å². The number of aromatic nitrogens is 1. The van der Waals surface area contributed by atoms with Crippen LogP contribution < -0.4 is 5.32 Å². The highest BCUT2D eigenvalue weighted by molar-refractivity contribution is 7.13. The lowest BCUT2D eigenvalue weighted by Gasteiger charge is -2.16. The molecule has 0 aliphatic carbocycles. The van der Waals surface area contributed by atoms with Gasteiger partial charge >= 0.3 is 0 Å². The van der Waals surface area contributed by atoms with Gasteiger partial charge in [0.25, 0.3) is 5.91 Å². The largest absolute Gasteiger partial charge is 0.332 e. The summed E-state index contributed by atoms with van der Waals surface area (Å²) in [6, 6.07) is 17.0. The van der Waals surface area contributed by atoms with E-state index < -0.39 is 0 Å². The van der Waals surface area contributed by atoms with Crippen LogP contribution in [0.5, 0.6) is 0 Å². The molecule has 0 spiro atoms. The Morgan fingerprint density at radius 2 is 1.79 bits per heavy atom. The van der Waals surface area contributed by atoms with Crippen LogP contribution in [-0.4, -0.2) is 35.3 Å². The number of likely N-dealkylation sites (N-methyl/N-ethyl adjacent to an activating group) is 1. The van der Waals surface area contributed by atoms with E-state index in [0.29, 0.717) is 27.7 Å². The Labute approximate surface area is 173 Å². The van der Waals surface area contributed by atoms with Gasteiger partial charge in [0.2, 0.25) is 5.91 Å². The van der Waals surface area contributed by atoms with Crippen LogP contribution in [0.15, 0.2) is 54.6 Å². The number of thiazole rings is 1. The van der Waals surface area contributed by atoms with E-state index in [4.69, 9.17) is 11.6 Å². The number of benzene rings is 2. The maximum atomic E-state index is 12.8. The summed E-state index contributed by atoms with van der Waals surface area (Å²) in [7, 11) is 1.60. The van der Waals surface area contributed by atoms with Crippen LogP contribution in [0.3, 0.4) is 0 Å². The molecule has 0 saturated heterocycles. The fraction of sp³-hybridized carbons (Fsp3) is 0.190. The van der Waals surface area contributed by atoms with E-state index in [2.05, 4.69) is 10.3 Å². The standard InChI is InChI=1S/C21H20ClN3O2S/c1-14-20(28-19(23-14)12-15-8-4-3-5-9-15)21(27)25(2)13-18(26)24-17-11-7-6-10-16(17)22/h3-11H,12-13H2,1-2H3,(H,24,26). The lowest BCUT2D eigenvalue weighted by Crippen LogP contribution is -2.34. The second-order valence-corrected chi connectivity index (χ2v) is 7.86.